The summed E-state index contributed by atoms with van der Waals surface area (Å²) in [6.45, 7) is 0. The molecule has 1 amide bonds. The summed E-state index contributed by atoms with van der Waals surface area (Å²) in [6, 6.07) is 30.9. The van der Waals surface area contributed by atoms with Gasteiger partial charge in [0.2, 0.25) is 0 Å². The normalized spacial score (nSPS) is 11.2. The van der Waals surface area contributed by atoms with Crippen LogP contribution in [0.3, 0.4) is 0 Å². The van der Waals surface area contributed by atoms with Crippen LogP contribution in [-0.2, 0) is 0 Å². The van der Waals surface area contributed by atoms with Gasteiger partial charge in [-0.15, -0.1) is 0 Å². The number of carbonyl (C=O) groups is 1. The molecule has 6 heteroatoms. The summed E-state index contributed by atoms with van der Waals surface area (Å²) in [5, 5.41) is 4.88. The Morgan fingerprint density at radius 3 is 2.45 bits per heavy atom. The number of furan rings is 1. The largest absolute Gasteiger partial charge is 0.455 e. The Morgan fingerprint density at radius 2 is 1.64 bits per heavy atom. The van der Waals surface area contributed by atoms with Gasteiger partial charge in [-0.1, -0.05) is 60.7 Å². The van der Waals surface area contributed by atoms with E-state index in [9.17, 15) is 4.79 Å². The number of carbonyl (C=O) groups excluding carboxylic acids is 1. The van der Waals surface area contributed by atoms with Crippen molar-refractivity contribution < 1.29 is 9.21 Å². The zero-order valence-electron chi connectivity index (χ0n) is 17.4. The van der Waals surface area contributed by atoms with E-state index in [1.54, 1.807) is 6.07 Å². The number of amides is 1. The summed E-state index contributed by atoms with van der Waals surface area (Å²) in [4.78, 5) is 17.7. The van der Waals surface area contributed by atoms with E-state index in [0.717, 1.165) is 37.1 Å². The molecule has 0 fully saturated rings. The fourth-order valence-corrected chi connectivity index (χ4v) is 3.89. The van der Waals surface area contributed by atoms with Crippen molar-refractivity contribution in [2.24, 2.45) is 5.10 Å². The van der Waals surface area contributed by atoms with Crippen LogP contribution in [0.25, 0.3) is 33.5 Å². The van der Waals surface area contributed by atoms with E-state index in [1.165, 1.54) is 6.21 Å². The standard InChI is InChI=1S/C27H18IN3O2/c28-20-12-10-19(11-13-20)26-15-14-21(33-26)17-29-31-27(32)23-16-25(18-6-2-1-3-7-18)30-24-9-5-4-8-22(23)24/h1-17H,(H,31,32)/b29-17+. The molecule has 1 N–H and O–H groups in total. The van der Waals surface area contributed by atoms with Gasteiger partial charge in [0, 0.05) is 20.1 Å². The van der Waals surface area contributed by atoms with Crippen LogP contribution in [0, 0.1) is 3.57 Å². The topological polar surface area (TPSA) is 67.5 Å². The summed E-state index contributed by atoms with van der Waals surface area (Å²) in [7, 11) is 0. The van der Waals surface area contributed by atoms with Crippen LogP contribution in [0.5, 0.6) is 0 Å². The number of nitrogens with zero attached hydrogens (tertiary/aromatic N) is 2. The van der Waals surface area contributed by atoms with Gasteiger partial charge in [0.25, 0.3) is 5.91 Å². The molecule has 3 aromatic carbocycles. The minimum absolute atomic E-state index is 0.313. The lowest BCUT2D eigenvalue weighted by molar-refractivity contribution is 0.0956. The Bertz CT molecular complexity index is 1460. The first-order valence-corrected chi connectivity index (χ1v) is 11.4. The van der Waals surface area contributed by atoms with Crippen molar-refractivity contribution in [3.8, 4) is 22.6 Å². The van der Waals surface area contributed by atoms with Crippen LogP contribution < -0.4 is 5.43 Å². The maximum atomic E-state index is 13.0. The first kappa shape index (κ1) is 21.1. The van der Waals surface area contributed by atoms with Gasteiger partial charge >= 0.3 is 0 Å². The van der Waals surface area contributed by atoms with E-state index in [4.69, 9.17) is 9.40 Å². The first-order chi connectivity index (χ1) is 16.2. The Morgan fingerprint density at radius 1 is 0.879 bits per heavy atom. The van der Waals surface area contributed by atoms with Gasteiger partial charge in [0.1, 0.15) is 11.5 Å². The fraction of sp³-hybridized carbons (Fsp3) is 0. The average Bonchev–Trinajstić information content (AvgIpc) is 3.33. The maximum Gasteiger partial charge on any atom is 0.272 e. The SMILES string of the molecule is O=C(N/N=C/c1ccc(-c2ccc(I)cc2)o1)c1cc(-c2ccccc2)nc2ccccc12. The number of benzene rings is 3. The van der Waals surface area contributed by atoms with Crippen molar-refractivity contribution in [3.63, 3.8) is 0 Å². The van der Waals surface area contributed by atoms with E-state index in [2.05, 4.69) is 33.1 Å². The van der Waals surface area contributed by atoms with Crippen LogP contribution in [0.1, 0.15) is 16.1 Å². The Kier molecular flexibility index (Phi) is 5.99. The summed E-state index contributed by atoms with van der Waals surface area (Å²) in [5.41, 5.74) is 6.54. The molecule has 5 nitrogen and oxygen atoms in total. The molecule has 0 atom stereocenters. The van der Waals surface area contributed by atoms with Gasteiger partial charge in [-0.25, -0.2) is 10.4 Å². The number of nitrogens with one attached hydrogen (secondary N) is 1. The molecular formula is C27H18IN3O2. The van der Waals surface area contributed by atoms with Crippen molar-refractivity contribution >= 4 is 45.6 Å². The highest BCUT2D eigenvalue weighted by molar-refractivity contribution is 14.1. The second kappa shape index (κ2) is 9.38. The van der Waals surface area contributed by atoms with Gasteiger partial charge in [-0.05, 0) is 59.0 Å². The molecule has 2 aromatic heterocycles. The molecule has 0 radical (unpaired) electrons. The zero-order valence-corrected chi connectivity index (χ0v) is 19.6. The number of halogens is 1. The van der Waals surface area contributed by atoms with Crippen molar-refractivity contribution in [2.75, 3.05) is 0 Å². The van der Waals surface area contributed by atoms with E-state index in [1.807, 2.05) is 91.0 Å². The molecule has 33 heavy (non-hydrogen) atoms. The summed E-state index contributed by atoms with van der Waals surface area (Å²) in [5.74, 6) is 0.978. The summed E-state index contributed by atoms with van der Waals surface area (Å²) in [6.07, 6.45) is 1.50. The van der Waals surface area contributed by atoms with Gasteiger partial charge in [-0.2, -0.15) is 5.10 Å². The van der Waals surface area contributed by atoms with Crippen molar-refractivity contribution in [1.82, 2.24) is 10.4 Å². The molecule has 0 saturated carbocycles. The summed E-state index contributed by atoms with van der Waals surface area (Å²) >= 11 is 2.26. The summed E-state index contributed by atoms with van der Waals surface area (Å²) < 4.78 is 6.99. The van der Waals surface area contributed by atoms with Crippen molar-refractivity contribution in [2.45, 2.75) is 0 Å². The molecule has 0 aliphatic carbocycles. The molecule has 0 aliphatic heterocycles. The predicted octanol–water partition coefficient (Wildman–Crippen LogP) is 6.53. The number of para-hydroxylation sites is 1. The smallest absolute Gasteiger partial charge is 0.272 e. The lowest BCUT2D eigenvalue weighted by Gasteiger charge is -2.09. The lowest BCUT2D eigenvalue weighted by Crippen LogP contribution is -2.18. The molecule has 0 aliphatic rings. The maximum absolute atomic E-state index is 13.0. The third-order valence-corrected chi connectivity index (χ3v) is 5.86. The average molecular weight is 543 g/mol. The lowest BCUT2D eigenvalue weighted by atomic mass is 10.0. The fourth-order valence-electron chi connectivity index (χ4n) is 3.53. The van der Waals surface area contributed by atoms with Gasteiger partial charge < -0.3 is 4.42 Å². The van der Waals surface area contributed by atoms with Crippen LogP contribution in [0.4, 0.5) is 0 Å². The number of rotatable bonds is 5. The molecule has 0 unspecified atom stereocenters. The predicted molar refractivity (Wildman–Crippen MR) is 139 cm³/mol. The molecule has 5 aromatic rings. The molecule has 5 rings (SSSR count). The number of fused-ring (bicyclic) bond motifs is 1. The highest BCUT2D eigenvalue weighted by Gasteiger charge is 2.13. The van der Waals surface area contributed by atoms with E-state index in [-0.39, 0.29) is 5.91 Å². The second-order valence-electron chi connectivity index (χ2n) is 7.35. The van der Waals surface area contributed by atoms with Gasteiger partial charge in [0.05, 0.1) is 23.0 Å². The van der Waals surface area contributed by atoms with Crippen molar-refractivity contribution in [1.29, 1.82) is 0 Å². The molecule has 0 spiro atoms. The minimum atomic E-state index is -0.313. The van der Waals surface area contributed by atoms with Crippen LogP contribution in [0.2, 0.25) is 0 Å². The number of hydrazone groups is 1. The quantitative estimate of drug-likeness (QED) is 0.156. The van der Waals surface area contributed by atoms with E-state index < -0.39 is 0 Å². The van der Waals surface area contributed by atoms with Crippen LogP contribution in [0.15, 0.2) is 107 Å². The molecule has 0 bridgehead atoms. The number of hydrogen-bond donors (Lipinski definition) is 1. The Labute approximate surface area is 204 Å². The van der Waals surface area contributed by atoms with Gasteiger partial charge in [0.15, 0.2) is 0 Å². The molecule has 160 valence electrons. The highest BCUT2D eigenvalue weighted by Crippen LogP contribution is 2.25. The Hall–Kier alpha value is -3.78. The minimum Gasteiger partial charge on any atom is -0.455 e. The van der Waals surface area contributed by atoms with Gasteiger partial charge in [-0.3, -0.25) is 4.79 Å². The first-order valence-electron chi connectivity index (χ1n) is 10.3. The Balaban J connectivity index is 1.38. The number of aromatic nitrogens is 1. The number of pyridine rings is 1. The molecular weight excluding hydrogens is 525 g/mol. The number of hydrogen-bond acceptors (Lipinski definition) is 4. The third kappa shape index (κ3) is 4.70. The monoisotopic (exact) mass is 543 g/mol. The van der Waals surface area contributed by atoms with E-state index in [0.29, 0.717) is 11.3 Å². The second-order valence-corrected chi connectivity index (χ2v) is 8.59. The third-order valence-electron chi connectivity index (χ3n) is 5.14. The van der Waals surface area contributed by atoms with Crippen LogP contribution >= 0.6 is 22.6 Å². The van der Waals surface area contributed by atoms with E-state index >= 15 is 0 Å². The van der Waals surface area contributed by atoms with Crippen molar-refractivity contribution in [3.05, 3.63) is 112 Å². The molecule has 2 heterocycles. The highest BCUT2D eigenvalue weighted by atomic mass is 127. The molecule has 0 saturated heterocycles. The van der Waals surface area contributed by atoms with Crippen LogP contribution in [-0.4, -0.2) is 17.1 Å². The zero-order chi connectivity index (χ0) is 22.6.